The van der Waals surface area contributed by atoms with E-state index in [0.717, 1.165) is 0 Å². The molecule has 0 atom stereocenters. The molecule has 0 heterocycles. The van der Waals surface area contributed by atoms with Gasteiger partial charge in [-0.25, -0.2) is 9.59 Å². The van der Waals surface area contributed by atoms with Gasteiger partial charge in [-0.15, -0.1) is 0 Å². The van der Waals surface area contributed by atoms with Crippen molar-refractivity contribution >= 4 is 23.6 Å². The number of rotatable bonds is 8. The number of hydrogen-bond acceptors (Lipinski definition) is 7. The second kappa shape index (κ2) is 13.9. The molecule has 0 unspecified atom stereocenters. The summed E-state index contributed by atoms with van der Waals surface area (Å²) in [5.74, 6) is 1.10. The van der Waals surface area contributed by atoms with Crippen molar-refractivity contribution in [3.05, 3.63) is 146 Å². The van der Waals surface area contributed by atoms with E-state index >= 15 is 0 Å². The Labute approximate surface area is 270 Å². The minimum atomic E-state index is -0.747. The van der Waals surface area contributed by atoms with Crippen LogP contribution < -0.4 is 24.8 Å². The van der Waals surface area contributed by atoms with Crippen LogP contribution in [0, 0.1) is 0 Å². The van der Waals surface area contributed by atoms with Gasteiger partial charge in [0.15, 0.2) is 0 Å². The van der Waals surface area contributed by atoms with Crippen molar-refractivity contribution in [2.75, 3.05) is 10.6 Å². The molecule has 2 amide bonds. The number of anilines is 2. The first kappa shape index (κ1) is 30.3. The summed E-state index contributed by atoms with van der Waals surface area (Å²) in [7, 11) is 0. The van der Waals surface area contributed by atoms with Gasteiger partial charge in [-0.1, -0.05) is 84.9 Å². The number of hydrogen-bond donors (Lipinski definition) is 4. The maximum atomic E-state index is 13.0. The van der Waals surface area contributed by atoms with E-state index in [1.54, 1.807) is 121 Å². The number of benzene rings is 6. The van der Waals surface area contributed by atoms with Crippen LogP contribution in [0.1, 0.15) is 0 Å². The lowest BCUT2D eigenvalue weighted by Gasteiger charge is -2.20. The van der Waals surface area contributed by atoms with Crippen LogP contribution in [0.3, 0.4) is 0 Å². The number of para-hydroxylation sites is 4. The molecule has 0 aromatic heterocycles. The van der Waals surface area contributed by atoms with Crippen molar-refractivity contribution in [2.24, 2.45) is 0 Å². The molecule has 9 nitrogen and oxygen atoms in total. The standard InChI is InChI=1S/C38H28N2O7/c41-31-21-9-7-17-27(31)35-29(39-37(43)45-25-13-3-1-4-14-25)19-11-23-33(35)47-34-24-12-20-30(36(34)28-18-8-10-22-32(28)42)40-38(44)46-26-15-5-2-6-16-26/h1-24,41-42H,(H,39,43)(H,40,44). The molecule has 6 aromatic carbocycles. The normalized spacial score (nSPS) is 10.5. The first-order chi connectivity index (χ1) is 23.0. The number of aromatic hydroxyl groups is 2. The molecule has 47 heavy (non-hydrogen) atoms. The van der Waals surface area contributed by atoms with E-state index in [9.17, 15) is 19.8 Å². The Morgan fingerprint density at radius 2 is 0.830 bits per heavy atom. The van der Waals surface area contributed by atoms with Crippen LogP contribution in [0.4, 0.5) is 21.0 Å². The van der Waals surface area contributed by atoms with Gasteiger partial charge in [0.05, 0.1) is 22.5 Å². The number of phenols is 2. The maximum absolute atomic E-state index is 13.0. The summed E-state index contributed by atoms with van der Waals surface area (Å²) in [4.78, 5) is 25.9. The van der Waals surface area contributed by atoms with Crippen molar-refractivity contribution in [3.8, 4) is 56.8 Å². The van der Waals surface area contributed by atoms with Crippen molar-refractivity contribution in [1.29, 1.82) is 0 Å². The molecule has 4 N–H and O–H groups in total. The van der Waals surface area contributed by atoms with Crippen molar-refractivity contribution in [3.63, 3.8) is 0 Å². The van der Waals surface area contributed by atoms with E-state index in [1.165, 1.54) is 12.1 Å². The molecule has 0 aliphatic rings. The van der Waals surface area contributed by atoms with E-state index in [1.807, 2.05) is 12.1 Å². The predicted molar refractivity (Wildman–Crippen MR) is 179 cm³/mol. The summed E-state index contributed by atoms with van der Waals surface area (Å²) in [5, 5.41) is 27.3. The van der Waals surface area contributed by atoms with Crippen molar-refractivity contribution in [2.45, 2.75) is 0 Å². The zero-order chi connectivity index (χ0) is 32.6. The van der Waals surface area contributed by atoms with Crippen LogP contribution >= 0.6 is 0 Å². The predicted octanol–water partition coefficient (Wildman–Crippen LogP) is 9.45. The van der Waals surface area contributed by atoms with Gasteiger partial charge in [0, 0.05) is 11.1 Å². The first-order valence-corrected chi connectivity index (χ1v) is 14.5. The van der Waals surface area contributed by atoms with Gasteiger partial charge < -0.3 is 24.4 Å². The summed E-state index contributed by atoms with van der Waals surface area (Å²) in [6.07, 6.45) is -1.49. The molecule has 9 heteroatoms. The molecule has 6 aromatic rings. The smallest absolute Gasteiger partial charge is 0.417 e. The van der Waals surface area contributed by atoms with E-state index in [0.29, 0.717) is 45.1 Å². The third-order valence-electron chi connectivity index (χ3n) is 7.00. The Hall–Kier alpha value is -6.74. The lowest BCUT2D eigenvalue weighted by molar-refractivity contribution is 0.214. The number of nitrogens with one attached hydrogen (secondary N) is 2. The highest BCUT2D eigenvalue weighted by Crippen LogP contribution is 2.47. The Kier molecular flexibility index (Phi) is 8.97. The molecule has 0 saturated carbocycles. The molecule has 6 rings (SSSR count). The second-order valence-corrected chi connectivity index (χ2v) is 10.1. The number of phenolic OH excluding ortho intramolecular Hbond substituents is 2. The minimum Gasteiger partial charge on any atom is -0.507 e. The van der Waals surface area contributed by atoms with Crippen molar-refractivity contribution < 1.29 is 34.0 Å². The summed E-state index contributed by atoms with van der Waals surface area (Å²) < 4.78 is 17.4. The van der Waals surface area contributed by atoms with Gasteiger partial charge in [-0.2, -0.15) is 0 Å². The van der Waals surface area contributed by atoms with Gasteiger partial charge >= 0.3 is 12.2 Å². The highest BCUT2D eigenvalue weighted by atomic mass is 16.6. The van der Waals surface area contributed by atoms with Gasteiger partial charge in [-0.3, -0.25) is 10.6 Å². The molecule has 0 fully saturated rings. The van der Waals surface area contributed by atoms with Gasteiger partial charge in [0.2, 0.25) is 0 Å². The Morgan fingerprint density at radius 1 is 0.447 bits per heavy atom. The lowest BCUT2D eigenvalue weighted by atomic mass is 10.00. The van der Waals surface area contributed by atoms with Crippen LogP contribution in [-0.4, -0.2) is 22.4 Å². The SMILES string of the molecule is O=C(Nc1cccc(Oc2cccc(NC(=O)Oc3ccccc3)c2-c2ccccc2O)c1-c1ccccc1O)Oc1ccccc1. The Bertz CT molecular complexity index is 1890. The first-order valence-electron chi connectivity index (χ1n) is 14.5. The molecular formula is C38H28N2O7. The molecule has 232 valence electrons. The Morgan fingerprint density at radius 3 is 1.23 bits per heavy atom. The third-order valence-corrected chi connectivity index (χ3v) is 7.00. The highest BCUT2D eigenvalue weighted by Gasteiger charge is 2.22. The average Bonchev–Trinajstić information content (AvgIpc) is 3.07. The average molecular weight is 625 g/mol. The van der Waals surface area contributed by atoms with E-state index in [4.69, 9.17) is 14.2 Å². The van der Waals surface area contributed by atoms with Crippen LogP contribution in [0.2, 0.25) is 0 Å². The molecular weight excluding hydrogens is 596 g/mol. The fourth-order valence-electron chi connectivity index (χ4n) is 4.95. The summed E-state index contributed by atoms with van der Waals surface area (Å²) in [6.45, 7) is 0. The second-order valence-electron chi connectivity index (χ2n) is 10.1. The fraction of sp³-hybridized carbons (Fsp3) is 0. The zero-order valence-electron chi connectivity index (χ0n) is 24.8. The number of ether oxygens (including phenoxy) is 3. The molecule has 0 aliphatic heterocycles. The molecule has 0 aliphatic carbocycles. The van der Waals surface area contributed by atoms with E-state index in [2.05, 4.69) is 10.6 Å². The fourth-order valence-corrected chi connectivity index (χ4v) is 4.95. The van der Waals surface area contributed by atoms with Crippen LogP contribution in [0.15, 0.2) is 146 Å². The quantitative estimate of drug-likeness (QED) is 0.133. The molecule has 0 bridgehead atoms. The van der Waals surface area contributed by atoms with Gasteiger partial charge in [0.1, 0.15) is 34.5 Å². The molecule has 0 saturated heterocycles. The van der Waals surface area contributed by atoms with E-state index < -0.39 is 12.2 Å². The summed E-state index contributed by atoms with van der Waals surface area (Å²) in [5.41, 5.74) is 2.08. The minimum absolute atomic E-state index is 0.0528. The zero-order valence-corrected chi connectivity index (χ0v) is 24.8. The van der Waals surface area contributed by atoms with Crippen molar-refractivity contribution in [1.82, 2.24) is 0 Å². The van der Waals surface area contributed by atoms with Crippen LogP contribution in [-0.2, 0) is 0 Å². The number of carbonyl (C=O) groups excluding carboxylic acids is 2. The van der Waals surface area contributed by atoms with E-state index in [-0.39, 0.29) is 23.0 Å². The number of carbonyl (C=O) groups is 2. The largest absolute Gasteiger partial charge is 0.507 e. The van der Waals surface area contributed by atoms with Crippen LogP contribution in [0.25, 0.3) is 22.3 Å². The third kappa shape index (κ3) is 7.16. The highest BCUT2D eigenvalue weighted by molar-refractivity contribution is 5.98. The topological polar surface area (TPSA) is 126 Å². The van der Waals surface area contributed by atoms with Crippen LogP contribution in [0.5, 0.6) is 34.5 Å². The molecule has 0 spiro atoms. The van der Waals surface area contributed by atoms with Gasteiger partial charge in [0.25, 0.3) is 0 Å². The lowest BCUT2D eigenvalue weighted by Crippen LogP contribution is -2.17. The summed E-state index contributed by atoms with van der Waals surface area (Å²) in [6, 6.07) is 40.5. The number of amides is 2. The monoisotopic (exact) mass is 624 g/mol. The Balaban J connectivity index is 1.41. The summed E-state index contributed by atoms with van der Waals surface area (Å²) >= 11 is 0. The maximum Gasteiger partial charge on any atom is 0.417 e. The molecule has 0 radical (unpaired) electrons. The van der Waals surface area contributed by atoms with Gasteiger partial charge in [-0.05, 0) is 60.7 Å².